The summed E-state index contributed by atoms with van der Waals surface area (Å²) in [6, 6.07) is 15.7. The number of rotatable bonds is 4. The molecule has 1 aromatic heterocycles. The summed E-state index contributed by atoms with van der Waals surface area (Å²) in [6.45, 7) is 2.65. The molecule has 2 aliphatic rings. The fourth-order valence-electron chi connectivity index (χ4n) is 4.46. The van der Waals surface area contributed by atoms with E-state index in [-0.39, 0.29) is 17.7 Å². The molecule has 0 spiro atoms. The number of halogens is 1. The first kappa shape index (κ1) is 17.8. The van der Waals surface area contributed by atoms with E-state index in [1.807, 2.05) is 12.1 Å². The van der Waals surface area contributed by atoms with Gasteiger partial charge in [0.15, 0.2) is 5.84 Å². The minimum atomic E-state index is -0.316. The van der Waals surface area contributed by atoms with Crippen molar-refractivity contribution in [3.05, 3.63) is 88.5 Å². The van der Waals surface area contributed by atoms with Crippen LogP contribution in [0, 0.1) is 18.2 Å². The second-order valence-electron chi connectivity index (χ2n) is 7.72. The fraction of sp³-hybridized carbons (Fsp3) is 0.217. The number of hydrazine groups is 1. The Hall–Kier alpha value is -3.25. The summed E-state index contributed by atoms with van der Waals surface area (Å²) >= 11 is 0. The van der Waals surface area contributed by atoms with Crippen molar-refractivity contribution in [1.82, 2.24) is 9.99 Å². The average Bonchev–Trinajstić information content (AvgIpc) is 3.45. The SMILES string of the molecule is Cc1cc(F)c(NN2CC3CC2c2ccccc23)cc1C(=N)N=Cc1ccc[nH]1. The maximum absolute atomic E-state index is 14.7. The van der Waals surface area contributed by atoms with E-state index in [1.54, 1.807) is 25.4 Å². The number of H-pyrrole nitrogens is 1. The predicted molar refractivity (Wildman–Crippen MR) is 113 cm³/mol. The lowest BCUT2D eigenvalue weighted by Gasteiger charge is -2.30. The molecule has 0 saturated carbocycles. The number of aliphatic imine (C=N–C) groups is 1. The van der Waals surface area contributed by atoms with Gasteiger partial charge in [-0.15, -0.1) is 0 Å². The first-order valence-corrected chi connectivity index (χ1v) is 9.79. The number of fused-ring (bicyclic) bond motifs is 5. The Kier molecular flexibility index (Phi) is 4.28. The smallest absolute Gasteiger partial charge is 0.152 e. The summed E-state index contributed by atoms with van der Waals surface area (Å²) < 4.78 is 14.7. The van der Waals surface area contributed by atoms with Crippen molar-refractivity contribution < 1.29 is 4.39 Å². The summed E-state index contributed by atoms with van der Waals surface area (Å²) in [6.07, 6.45) is 4.47. The van der Waals surface area contributed by atoms with Gasteiger partial charge < -0.3 is 10.4 Å². The lowest BCUT2D eigenvalue weighted by molar-refractivity contribution is 0.300. The first-order valence-electron chi connectivity index (χ1n) is 9.79. The van der Waals surface area contributed by atoms with Gasteiger partial charge in [0, 0.05) is 24.2 Å². The molecule has 2 unspecified atom stereocenters. The van der Waals surface area contributed by atoms with Crippen LogP contribution in [0.4, 0.5) is 10.1 Å². The van der Waals surface area contributed by atoms with E-state index in [9.17, 15) is 4.39 Å². The number of aromatic amines is 1. The second-order valence-corrected chi connectivity index (χ2v) is 7.72. The highest BCUT2D eigenvalue weighted by molar-refractivity contribution is 6.04. The molecule has 1 saturated heterocycles. The highest BCUT2D eigenvalue weighted by Gasteiger charge is 2.42. The summed E-state index contributed by atoms with van der Waals surface area (Å²) in [5, 5.41) is 10.4. The zero-order valence-electron chi connectivity index (χ0n) is 16.1. The predicted octanol–water partition coefficient (Wildman–Crippen LogP) is 4.78. The van der Waals surface area contributed by atoms with Crippen LogP contribution in [-0.2, 0) is 0 Å². The summed E-state index contributed by atoms with van der Waals surface area (Å²) in [7, 11) is 0. The Bertz CT molecular complexity index is 1100. The highest BCUT2D eigenvalue weighted by atomic mass is 19.1. The van der Waals surface area contributed by atoms with Gasteiger partial charge in [-0.25, -0.2) is 14.4 Å². The standard InChI is InChI=1S/C23H22FN5/c1-14-9-20(24)21(11-19(14)23(25)27-12-16-5-4-8-26-16)28-29-13-15-10-22(29)18-7-3-2-6-17(15)18/h2-9,11-12,15,22,25-26,28H,10,13H2,1H3. The number of nitrogens with zero attached hydrogens (tertiary/aromatic N) is 2. The number of hydrogen-bond donors (Lipinski definition) is 3. The van der Waals surface area contributed by atoms with Crippen molar-refractivity contribution in [2.75, 3.05) is 12.0 Å². The molecule has 0 amide bonds. The average molecular weight is 387 g/mol. The summed E-state index contributed by atoms with van der Waals surface area (Å²) in [5.41, 5.74) is 8.53. The van der Waals surface area contributed by atoms with Crippen LogP contribution < -0.4 is 5.43 Å². The van der Waals surface area contributed by atoms with Crippen LogP contribution in [0.2, 0.25) is 0 Å². The van der Waals surface area contributed by atoms with Crippen LogP contribution in [0.3, 0.4) is 0 Å². The molecule has 0 radical (unpaired) electrons. The summed E-state index contributed by atoms with van der Waals surface area (Å²) in [5.74, 6) is 0.275. The third kappa shape index (κ3) is 3.15. The van der Waals surface area contributed by atoms with E-state index < -0.39 is 0 Å². The van der Waals surface area contributed by atoms with Crippen molar-refractivity contribution >= 4 is 17.7 Å². The van der Waals surface area contributed by atoms with Gasteiger partial charge in [0.05, 0.1) is 23.6 Å². The molecule has 2 aromatic carbocycles. The Morgan fingerprint density at radius 2 is 2.07 bits per heavy atom. The van der Waals surface area contributed by atoms with Crippen LogP contribution in [0.1, 0.15) is 46.3 Å². The molecule has 6 heteroatoms. The number of benzene rings is 2. The molecule has 1 fully saturated rings. The number of aromatic nitrogens is 1. The molecule has 5 nitrogen and oxygen atoms in total. The molecule has 3 N–H and O–H groups in total. The monoisotopic (exact) mass is 387 g/mol. The molecule has 2 atom stereocenters. The molecule has 2 bridgehead atoms. The number of amidine groups is 1. The molecular formula is C23H22FN5. The van der Waals surface area contributed by atoms with E-state index in [2.05, 4.69) is 44.7 Å². The molecule has 1 aliphatic heterocycles. The fourth-order valence-corrected chi connectivity index (χ4v) is 4.46. The second kappa shape index (κ2) is 6.97. The molecule has 1 aliphatic carbocycles. The van der Waals surface area contributed by atoms with E-state index in [0.717, 1.165) is 18.7 Å². The maximum Gasteiger partial charge on any atom is 0.152 e. The molecule has 5 rings (SSSR count). The van der Waals surface area contributed by atoms with Gasteiger partial charge in [0.25, 0.3) is 0 Å². The van der Waals surface area contributed by atoms with Crippen LogP contribution in [0.25, 0.3) is 0 Å². The van der Waals surface area contributed by atoms with Crippen LogP contribution in [0.5, 0.6) is 0 Å². The van der Waals surface area contributed by atoms with Gasteiger partial charge in [0.2, 0.25) is 0 Å². The molecular weight excluding hydrogens is 365 g/mol. The van der Waals surface area contributed by atoms with Gasteiger partial charge in [-0.1, -0.05) is 24.3 Å². The maximum atomic E-state index is 14.7. The lowest BCUT2D eigenvalue weighted by Crippen LogP contribution is -2.33. The van der Waals surface area contributed by atoms with Gasteiger partial charge in [-0.05, 0) is 54.3 Å². The molecule has 3 aromatic rings. The topological polar surface area (TPSA) is 67.3 Å². The van der Waals surface area contributed by atoms with E-state index in [4.69, 9.17) is 5.41 Å². The van der Waals surface area contributed by atoms with Gasteiger partial charge in [-0.2, -0.15) is 0 Å². The zero-order chi connectivity index (χ0) is 20.0. The first-order chi connectivity index (χ1) is 14.1. The van der Waals surface area contributed by atoms with Crippen molar-refractivity contribution in [3.63, 3.8) is 0 Å². The van der Waals surface area contributed by atoms with Crippen molar-refractivity contribution in [2.45, 2.75) is 25.3 Å². The van der Waals surface area contributed by atoms with Crippen molar-refractivity contribution in [1.29, 1.82) is 5.41 Å². The normalized spacial score (nSPS) is 20.3. The van der Waals surface area contributed by atoms with E-state index in [1.165, 1.54) is 17.2 Å². The Morgan fingerprint density at radius 1 is 1.24 bits per heavy atom. The van der Waals surface area contributed by atoms with Gasteiger partial charge in [0.1, 0.15) is 5.82 Å². The zero-order valence-corrected chi connectivity index (χ0v) is 16.1. The van der Waals surface area contributed by atoms with Crippen LogP contribution >= 0.6 is 0 Å². The molecule has 29 heavy (non-hydrogen) atoms. The minimum absolute atomic E-state index is 0.105. The van der Waals surface area contributed by atoms with E-state index >= 15 is 0 Å². The quantitative estimate of drug-likeness (QED) is 0.446. The largest absolute Gasteiger partial charge is 0.360 e. The molecule has 146 valence electrons. The van der Waals surface area contributed by atoms with Crippen molar-refractivity contribution in [2.24, 2.45) is 4.99 Å². The number of anilines is 1. The molecule has 2 heterocycles. The lowest BCUT2D eigenvalue weighted by atomic mass is 10.0. The van der Waals surface area contributed by atoms with Gasteiger partial charge >= 0.3 is 0 Å². The van der Waals surface area contributed by atoms with Crippen LogP contribution in [0.15, 0.2) is 59.7 Å². The minimum Gasteiger partial charge on any atom is -0.360 e. The van der Waals surface area contributed by atoms with Gasteiger partial charge in [-0.3, -0.25) is 5.41 Å². The van der Waals surface area contributed by atoms with E-state index in [0.29, 0.717) is 22.7 Å². The van der Waals surface area contributed by atoms with Crippen LogP contribution in [-0.4, -0.2) is 28.6 Å². The third-order valence-electron chi connectivity index (χ3n) is 5.88. The highest BCUT2D eigenvalue weighted by Crippen LogP contribution is 2.49. The summed E-state index contributed by atoms with van der Waals surface area (Å²) in [4.78, 5) is 7.26. The number of nitrogens with one attached hydrogen (secondary N) is 3. The Morgan fingerprint density at radius 3 is 2.86 bits per heavy atom. The Labute approximate surface area is 168 Å². The number of hydrogen-bond acceptors (Lipinski definition) is 3. The third-order valence-corrected chi connectivity index (χ3v) is 5.88. The van der Waals surface area contributed by atoms with Crippen molar-refractivity contribution in [3.8, 4) is 0 Å². The Balaban J connectivity index is 1.39. The number of aryl methyl sites for hydroxylation is 1.